The van der Waals surface area contributed by atoms with Crippen molar-refractivity contribution in [1.29, 1.82) is 0 Å². The summed E-state index contributed by atoms with van der Waals surface area (Å²) < 4.78 is 25.2. The van der Waals surface area contributed by atoms with E-state index < -0.39 is 10.0 Å². The van der Waals surface area contributed by atoms with Crippen molar-refractivity contribution in [2.75, 3.05) is 25.1 Å². The van der Waals surface area contributed by atoms with E-state index in [4.69, 9.17) is 10.9 Å². The van der Waals surface area contributed by atoms with Crippen molar-refractivity contribution in [3.63, 3.8) is 0 Å². The fraction of sp³-hybridized carbons (Fsp3) is 0.500. The number of rotatable bonds is 6. The highest BCUT2D eigenvalue weighted by Gasteiger charge is 2.23. The van der Waals surface area contributed by atoms with Crippen LogP contribution in [0.2, 0.25) is 0 Å². The molecule has 1 heterocycles. The zero-order chi connectivity index (χ0) is 12.9. The molecule has 0 aliphatic rings. The minimum Gasteiger partial charge on any atom is -0.395 e. The molecule has 0 atom stereocenters. The molecule has 0 radical (unpaired) electrons. The highest BCUT2D eigenvalue weighted by atomic mass is 32.2. The Balaban J connectivity index is 3.02. The lowest BCUT2D eigenvalue weighted by atomic mass is 10.6. The Labute approximate surface area is 99.5 Å². The largest absolute Gasteiger partial charge is 0.395 e. The van der Waals surface area contributed by atoms with Crippen molar-refractivity contribution in [3.8, 4) is 0 Å². The van der Waals surface area contributed by atoms with Gasteiger partial charge in [0.15, 0.2) is 0 Å². The smallest absolute Gasteiger partial charge is 0.246 e. The van der Waals surface area contributed by atoms with E-state index in [2.05, 4.69) is 15.4 Å². The molecule has 0 unspecified atom stereocenters. The van der Waals surface area contributed by atoms with Crippen molar-refractivity contribution in [2.45, 2.75) is 11.8 Å². The summed E-state index contributed by atoms with van der Waals surface area (Å²) in [6.45, 7) is 1.75. The van der Waals surface area contributed by atoms with Crippen molar-refractivity contribution in [2.24, 2.45) is 5.84 Å². The molecule has 0 aromatic carbocycles. The standard InChI is InChI=1S/C8H15N5O3S/c1-2-13(3-4-14)17(15,16)7-5-10-8(12-9)11-6-7/h5-6,14H,2-4,9H2,1H3,(H,10,11,12). The molecule has 96 valence electrons. The van der Waals surface area contributed by atoms with Crippen LogP contribution in [-0.4, -0.2) is 47.5 Å². The Bertz CT molecular complexity index is 447. The molecule has 1 aromatic rings. The number of likely N-dealkylation sites (N-methyl/N-ethyl adjacent to an activating group) is 1. The maximum atomic E-state index is 12.0. The van der Waals surface area contributed by atoms with Crippen molar-refractivity contribution < 1.29 is 13.5 Å². The number of aliphatic hydroxyl groups excluding tert-OH is 1. The minimum atomic E-state index is -3.66. The van der Waals surface area contributed by atoms with E-state index in [-0.39, 0.29) is 30.5 Å². The zero-order valence-electron chi connectivity index (χ0n) is 9.37. The number of hydrazine groups is 1. The van der Waals surface area contributed by atoms with E-state index in [1.54, 1.807) is 6.92 Å². The molecule has 4 N–H and O–H groups in total. The molecular weight excluding hydrogens is 246 g/mol. The molecule has 0 amide bonds. The van der Waals surface area contributed by atoms with Crippen LogP contribution in [0.4, 0.5) is 5.95 Å². The van der Waals surface area contributed by atoms with E-state index in [1.165, 1.54) is 0 Å². The predicted molar refractivity (Wildman–Crippen MR) is 61.4 cm³/mol. The second-order valence-corrected chi connectivity index (χ2v) is 5.04. The molecule has 0 bridgehead atoms. The minimum absolute atomic E-state index is 0.0354. The molecule has 0 aliphatic carbocycles. The fourth-order valence-electron chi connectivity index (χ4n) is 1.23. The number of aromatic nitrogens is 2. The van der Waals surface area contributed by atoms with E-state index >= 15 is 0 Å². The Morgan fingerprint density at radius 1 is 1.47 bits per heavy atom. The summed E-state index contributed by atoms with van der Waals surface area (Å²) in [5.74, 6) is 5.21. The molecule has 0 saturated heterocycles. The van der Waals surface area contributed by atoms with Crippen LogP contribution in [0.15, 0.2) is 17.3 Å². The van der Waals surface area contributed by atoms with Crippen LogP contribution in [-0.2, 0) is 10.0 Å². The van der Waals surface area contributed by atoms with Crippen LogP contribution in [0, 0.1) is 0 Å². The number of aliphatic hydroxyl groups is 1. The summed E-state index contributed by atoms with van der Waals surface area (Å²) in [7, 11) is -3.66. The van der Waals surface area contributed by atoms with Gasteiger partial charge in [-0.15, -0.1) is 0 Å². The number of nitrogens with zero attached hydrogens (tertiary/aromatic N) is 3. The third kappa shape index (κ3) is 3.09. The molecule has 0 aliphatic heterocycles. The van der Waals surface area contributed by atoms with Crippen LogP contribution in [0.3, 0.4) is 0 Å². The summed E-state index contributed by atoms with van der Waals surface area (Å²) in [4.78, 5) is 7.41. The van der Waals surface area contributed by atoms with E-state index in [0.29, 0.717) is 0 Å². The molecule has 1 aromatic heterocycles. The predicted octanol–water partition coefficient (Wildman–Crippen LogP) is -1.23. The van der Waals surface area contributed by atoms with Gasteiger partial charge < -0.3 is 5.11 Å². The average Bonchev–Trinajstić information content (AvgIpc) is 2.35. The molecule has 0 spiro atoms. The van der Waals surface area contributed by atoms with Crippen LogP contribution < -0.4 is 11.3 Å². The van der Waals surface area contributed by atoms with E-state index in [1.807, 2.05) is 0 Å². The number of hydrogen-bond donors (Lipinski definition) is 3. The lowest BCUT2D eigenvalue weighted by Gasteiger charge is -2.18. The Morgan fingerprint density at radius 2 is 2.06 bits per heavy atom. The van der Waals surface area contributed by atoms with Crippen LogP contribution in [0.1, 0.15) is 6.92 Å². The maximum Gasteiger partial charge on any atom is 0.246 e. The first-order valence-corrected chi connectivity index (χ1v) is 6.40. The average molecular weight is 261 g/mol. The van der Waals surface area contributed by atoms with Gasteiger partial charge in [-0.1, -0.05) is 6.92 Å². The lowest BCUT2D eigenvalue weighted by molar-refractivity contribution is 0.257. The number of hydrogen-bond acceptors (Lipinski definition) is 7. The third-order valence-corrected chi connectivity index (χ3v) is 4.02. The summed E-state index contributed by atoms with van der Waals surface area (Å²) in [6, 6.07) is 0. The van der Waals surface area contributed by atoms with Crippen LogP contribution in [0.25, 0.3) is 0 Å². The normalized spacial score (nSPS) is 11.8. The van der Waals surface area contributed by atoms with Gasteiger partial charge in [0.2, 0.25) is 16.0 Å². The van der Waals surface area contributed by atoms with Crippen molar-refractivity contribution in [1.82, 2.24) is 14.3 Å². The summed E-state index contributed by atoms with van der Waals surface area (Å²) in [5.41, 5.74) is 2.20. The Hall–Kier alpha value is -1.29. The van der Waals surface area contributed by atoms with Crippen LogP contribution >= 0.6 is 0 Å². The number of sulfonamides is 1. The molecule has 1 rings (SSSR count). The van der Waals surface area contributed by atoms with Crippen LogP contribution in [0.5, 0.6) is 0 Å². The Kier molecular flexibility index (Phi) is 4.75. The fourth-order valence-corrected chi connectivity index (χ4v) is 2.56. The molecule has 0 fully saturated rings. The zero-order valence-corrected chi connectivity index (χ0v) is 10.2. The van der Waals surface area contributed by atoms with Gasteiger partial charge in [-0.2, -0.15) is 4.31 Å². The van der Waals surface area contributed by atoms with E-state index in [9.17, 15) is 8.42 Å². The first-order chi connectivity index (χ1) is 8.06. The highest BCUT2D eigenvalue weighted by molar-refractivity contribution is 7.89. The van der Waals surface area contributed by atoms with Gasteiger partial charge >= 0.3 is 0 Å². The van der Waals surface area contributed by atoms with Gasteiger partial charge in [-0.25, -0.2) is 24.2 Å². The van der Waals surface area contributed by atoms with Gasteiger partial charge in [0.05, 0.1) is 19.0 Å². The van der Waals surface area contributed by atoms with Crippen molar-refractivity contribution >= 4 is 16.0 Å². The number of nitrogen functional groups attached to an aromatic ring is 1. The number of nitrogens with one attached hydrogen (secondary N) is 1. The SMILES string of the molecule is CCN(CCO)S(=O)(=O)c1cnc(NN)nc1. The Morgan fingerprint density at radius 3 is 2.47 bits per heavy atom. The topological polar surface area (TPSA) is 121 Å². The quantitative estimate of drug-likeness (QED) is 0.432. The van der Waals surface area contributed by atoms with Gasteiger partial charge in [-0.3, -0.25) is 5.43 Å². The highest BCUT2D eigenvalue weighted by Crippen LogP contribution is 2.13. The maximum absolute atomic E-state index is 12.0. The molecule has 0 saturated carbocycles. The first kappa shape index (κ1) is 13.8. The summed E-state index contributed by atoms with van der Waals surface area (Å²) in [6.07, 6.45) is 2.33. The first-order valence-electron chi connectivity index (χ1n) is 4.96. The molecule has 17 heavy (non-hydrogen) atoms. The molecule has 9 heteroatoms. The monoisotopic (exact) mass is 261 g/mol. The lowest BCUT2D eigenvalue weighted by Crippen LogP contribution is -2.33. The second-order valence-electron chi connectivity index (χ2n) is 3.11. The molecule has 8 nitrogen and oxygen atoms in total. The van der Waals surface area contributed by atoms with Gasteiger partial charge in [0.25, 0.3) is 0 Å². The molecular formula is C8H15N5O3S. The third-order valence-electron chi connectivity index (χ3n) is 2.10. The van der Waals surface area contributed by atoms with Crippen molar-refractivity contribution in [3.05, 3.63) is 12.4 Å². The number of nitrogens with two attached hydrogens (primary N) is 1. The van der Waals surface area contributed by atoms with Gasteiger partial charge in [-0.05, 0) is 0 Å². The second kappa shape index (κ2) is 5.87. The summed E-state index contributed by atoms with van der Waals surface area (Å²) in [5, 5.41) is 8.80. The number of anilines is 1. The van der Waals surface area contributed by atoms with Gasteiger partial charge in [0, 0.05) is 13.1 Å². The summed E-state index contributed by atoms with van der Waals surface area (Å²) >= 11 is 0. The van der Waals surface area contributed by atoms with Gasteiger partial charge in [0.1, 0.15) is 4.90 Å². The van der Waals surface area contributed by atoms with E-state index in [0.717, 1.165) is 16.7 Å².